The van der Waals surface area contributed by atoms with E-state index in [0.29, 0.717) is 11.7 Å². The molecule has 2 rings (SSSR count). The molecule has 116 valence electrons. The minimum Gasteiger partial charge on any atom is -0.357 e. The van der Waals surface area contributed by atoms with E-state index in [2.05, 4.69) is 51.8 Å². The monoisotopic (exact) mass is 314 g/mol. The summed E-state index contributed by atoms with van der Waals surface area (Å²) in [6, 6.07) is 8.41. The van der Waals surface area contributed by atoms with Gasteiger partial charge in [0.15, 0.2) is 5.11 Å². The Balaban J connectivity index is 1.80. The van der Waals surface area contributed by atoms with Gasteiger partial charge in [0, 0.05) is 11.9 Å². The van der Waals surface area contributed by atoms with Crippen LogP contribution in [0.3, 0.4) is 0 Å². The summed E-state index contributed by atoms with van der Waals surface area (Å²) in [7, 11) is 0. The van der Waals surface area contributed by atoms with Crippen molar-refractivity contribution < 1.29 is 0 Å². The van der Waals surface area contributed by atoms with Crippen LogP contribution in [0, 0.1) is 6.92 Å². The van der Waals surface area contributed by atoms with E-state index < -0.39 is 0 Å². The van der Waals surface area contributed by atoms with Gasteiger partial charge < -0.3 is 10.6 Å². The zero-order chi connectivity index (χ0) is 15.8. The van der Waals surface area contributed by atoms with E-state index in [1.165, 1.54) is 18.4 Å². The van der Waals surface area contributed by atoms with Gasteiger partial charge in [0.05, 0.1) is 24.1 Å². The lowest BCUT2D eigenvalue weighted by atomic mass is 10.1. The molecule has 0 aliphatic heterocycles. The van der Waals surface area contributed by atoms with Gasteiger partial charge in [0.25, 0.3) is 0 Å². The van der Waals surface area contributed by atoms with Gasteiger partial charge in [-0.15, -0.1) is 0 Å². The zero-order valence-electron chi connectivity index (χ0n) is 13.1. The Labute approximate surface area is 137 Å². The van der Waals surface area contributed by atoms with Crippen molar-refractivity contribution in [3.63, 3.8) is 0 Å². The fourth-order valence-corrected chi connectivity index (χ4v) is 2.18. The first kappa shape index (κ1) is 16.4. The molecule has 2 N–H and O–H groups in total. The first-order valence-electron chi connectivity index (χ1n) is 7.58. The summed E-state index contributed by atoms with van der Waals surface area (Å²) in [6.07, 6.45) is 7.09. The van der Waals surface area contributed by atoms with Crippen LogP contribution in [0.2, 0.25) is 0 Å². The molecule has 5 heteroatoms. The number of rotatable bonds is 6. The molecule has 0 aliphatic carbocycles. The number of benzene rings is 1. The average molecular weight is 314 g/mol. The summed E-state index contributed by atoms with van der Waals surface area (Å²) < 4.78 is 0. The van der Waals surface area contributed by atoms with Crippen molar-refractivity contribution in [1.82, 2.24) is 15.3 Å². The Hall–Kier alpha value is -2.01. The van der Waals surface area contributed by atoms with Crippen molar-refractivity contribution in [3.8, 4) is 0 Å². The van der Waals surface area contributed by atoms with Gasteiger partial charge in [-0.25, -0.2) is 0 Å². The molecule has 0 saturated carbocycles. The number of aromatic nitrogens is 2. The lowest BCUT2D eigenvalue weighted by Gasteiger charge is -2.10. The fourth-order valence-electron chi connectivity index (χ4n) is 1.99. The summed E-state index contributed by atoms with van der Waals surface area (Å²) in [5, 5.41) is 6.90. The minimum atomic E-state index is 0.563. The summed E-state index contributed by atoms with van der Waals surface area (Å²) in [5.41, 5.74) is 4.13. The number of thiocarbonyl (C=S) groups is 1. The summed E-state index contributed by atoms with van der Waals surface area (Å²) >= 11 is 5.29. The van der Waals surface area contributed by atoms with Crippen molar-refractivity contribution in [2.75, 3.05) is 5.32 Å². The van der Waals surface area contributed by atoms with E-state index in [0.717, 1.165) is 23.5 Å². The zero-order valence-corrected chi connectivity index (χ0v) is 13.9. The Morgan fingerprint density at radius 2 is 1.91 bits per heavy atom. The third kappa shape index (κ3) is 5.41. The second-order valence-electron chi connectivity index (χ2n) is 5.26. The maximum absolute atomic E-state index is 5.29. The molecule has 4 nitrogen and oxygen atoms in total. The molecular formula is C17H22N4S. The Morgan fingerprint density at radius 1 is 1.14 bits per heavy atom. The fraction of sp³-hybridized carbons (Fsp3) is 0.353. The second kappa shape index (κ2) is 8.44. The molecular weight excluding hydrogens is 292 g/mol. The molecule has 0 atom stereocenters. The average Bonchev–Trinajstić information content (AvgIpc) is 2.54. The van der Waals surface area contributed by atoms with E-state index in [1.54, 1.807) is 12.4 Å². The van der Waals surface area contributed by atoms with Gasteiger partial charge in [0.1, 0.15) is 0 Å². The highest BCUT2D eigenvalue weighted by atomic mass is 32.1. The summed E-state index contributed by atoms with van der Waals surface area (Å²) in [6.45, 7) is 4.69. The van der Waals surface area contributed by atoms with Crippen LogP contribution in [-0.2, 0) is 13.0 Å². The van der Waals surface area contributed by atoms with Crippen LogP contribution in [0.1, 0.15) is 36.7 Å². The highest BCUT2D eigenvalue weighted by Crippen LogP contribution is 2.11. The number of nitrogens with one attached hydrogen (secondary N) is 2. The van der Waals surface area contributed by atoms with Crippen LogP contribution in [0.4, 0.5) is 5.69 Å². The molecule has 0 spiro atoms. The van der Waals surface area contributed by atoms with Crippen LogP contribution < -0.4 is 10.6 Å². The lowest BCUT2D eigenvalue weighted by Crippen LogP contribution is -2.28. The maximum atomic E-state index is 5.29. The van der Waals surface area contributed by atoms with Crippen LogP contribution in [0.25, 0.3) is 0 Å². The van der Waals surface area contributed by atoms with Gasteiger partial charge >= 0.3 is 0 Å². The molecule has 0 aliphatic rings. The molecule has 22 heavy (non-hydrogen) atoms. The van der Waals surface area contributed by atoms with E-state index >= 15 is 0 Å². The van der Waals surface area contributed by atoms with Crippen molar-refractivity contribution in [2.45, 2.75) is 39.7 Å². The highest BCUT2D eigenvalue weighted by molar-refractivity contribution is 7.80. The number of unbranched alkanes of at least 4 members (excludes halogenated alkanes) is 1. The van der Waals surface area contributed by atoms with Crippen molar-refractivity contribution in [2.24, 2.45) is 0 Å². The van der Waals surface area contributed by atoms with Gasteiger partial charge in [0.2, 0.25) is 0 Å². The first-order valence-corrected chi connectivity index (χ1v) is 7.99. The molecule has 0 saturated heterocycles. The number of hydrogen-bond acceptors (Lipinski definition) is 3. The molecule has 0 unspecified atom stereocenters. The van der Waals surface area contributed by atoms with E-state index in [1.807, 2.05) is 6.92 Å². The molecule has 0 fully saturated rings. The maximum Gasteiger partial charge on any atom is 0.171 e. The predicted octanol–water partition coefficient (Wildman–Crippen LogP) is 3.61. The van der Waals surface area contributed by atoms with Crippen LogP contribution in [0.15, 0.2) is 36.7 Å². The van der Waals surface area contributed by atoms with E-state index in [-0.39, 0.29) is 0 Å². The lowest BCUT2D eigenvalue weighted by molar-refractivity contribution is 0.795. The van der Waals surface area contributed by atoms with Crippen molar-refractivity contribution in [3.05, 3.63) is 53.6 Å². The van der Waals surface area contributed by atoms with Gasteiger partial charge in [-0.3, -0.25) is 9.97 Å². The number of hydrogen-bond donors (Lipinski definition) is 2. The third-order valence-electron chi connectivity index (χ3n) is 3.30. The molecule has 0 radical (unpaired) electrons. The summed E-state index contributed by atoms with van der Waals surface area (Å²) in [5.74, 6) is 0. The van der Waals surface area contributed by atoms with Crippen LogP contribution >= 0.6 is 12.2 Å². The largest absolute Gasteiger partial charge is 0.357 e. The van der Waals surface area contributed by atoms with Crippen LogP contribution in [-0.4, -0.2) is 15.1 Å². The number of nitrogens with zero attached hydrogens (tertiary/aromatic N) is 2. The summed E-state index contributed by atoms with van der Waals surface area (Å²) in [4.78, 5) is 8.49. The highest BCUT2D eigenvalue weighted by Gasteiger charge is 2.00. The molecule has 0 amide bonds. The third-order valence-corrected chi connectivity index (χ3v) is 3.54. The van der Waals surface area contributed by atoms with Gasteiger partial charge in [-0.1, -0.05) is 25.5 Å². The van der Waals surface area contributed by atoms with Crippen molar-refractivity contribution >= 4 is 23.0 Å². The molecule has 0 bridgehead atoms. The topological polar surface area (TPSA) is 49.8 Å². The molecule has 1 heterocycles. The standard InChI is InChI=1S/C17H22N4S/c1-3-4-5-14-6-8-15(9-7-14)21-17(22)20-12-16-11-18-13(2)10-19-16/h6-11H,3-5,12H2,1-2H3,(H2,20,21,22). The number of anilines is 1. The van der Waals surface area contributed by atoms with E-state index in [9.17, 15) is 0 Å². The minimum absolute atomic E-state index is 0.563. The molecule has 2 aromatic rings. The van der Waals surface area contributed by atoms with Crippen molar-refractivity contribution in [1.29, 1.82) is 0 Å². The molecule has 1 aromatic heterocycles. The Morgan fingerprint density at radius 3 is 2.55 bits per heavy atom. The van der Waals surface area contributed by atoms with Gasteiger partial charge in [-0.2, -0.15) is 0 Å². The van der Waals surface area contributed by atoms with Gasteiger partial charge in [-0.05, 0) is 49.7 Å². The SMILES string of the molecule is CCCCc1ccc(NC(=S)NCc2cnc(C)cn2)cc1. The van der Waals surface area contributed by atoms with E-state index in [4.69, 9.17) is 12.2 Å². The quantitative estimate of drug-likeness (QED) is 0.798. The normalized spacial score (nSPS) is 10.3. The Kier molecular flexibility index (Phi) is 6.27. The Bertz CT molecular complexity index is 593. The molecule has 1 aromatic carbocycles. The van der Waals surface area contributed by atoms with Crippen LogP contribution in [0.5, 0.6) is 0 Å². The predicted molar refractivity (Wildman–Crippen MR) is 94.9 cm³/mol. The number of aryl methyl sites for hydroxylation is 2. The first-order chi connectivity index (χ1) is 10.7. The smallest absolute Gasteiger partial charge is 0.171 e. The second-order valence-corrected chi connectivity index (χ2v) is 5.67.